The smallest absolute Gasteiger partial charge is 0.100 e. The molecule has 0 unspecified atom stereocenters. The van der Waals surface area contributed by atoms with Crippen molar-refractivity contribution in [2.45, 2.75) is 26.2 Å². The Kier molecular flexibility index (Phi) is 4.45. The topological polar surface area (TPSA) is 12.9 Å². The lowest BCUT2D eigenvalue weighted by Gasteiger charge is -2.25. The molecule has 0 saturated heterocycles. The zero-order valence-electron chi connectivity index (χ0n) is 16.0. The fraction of sp³-hybridized carbons (Fsp3) is 0.160. The van der Waals surface area contributed by atoms with Crippen molar-refractivity contribution in [1.29, 1.82) is 0 Å². The van der Waals surface area contributed by atoms with Crippen molar-refractivity contribution in [1.82, 2.24) is 4.98 Å². The van der Waals surface area contributed by atoms with E-state index >= 15 is 0 Å². The van der Waals surface area contributed by atoms with Gasteiger partial charge >= 0.3 is 0 Å². The molecule has 1 nitrogen and oxygen atoms in total. The summed E-state index contributed by atoms with van der Waals surface area (Å²) < 4.78 is 0. The second-order valence-corrected chi connectivity index (χ2v) is 8.37. The molecular weight excluding hydrogens is 342 g/mol. The average Bonchev–Trinajstić information content (AvgIpc) is 2.67. The first-order valence-corrected chi connectivity index (χ1v) is 9.76. The number of aromatic nitrogens is 1. The van der Waals surface area contributed by atoms with Crippen LogP contribution in [0.3, 0.4) is 0 Å². The lowest BCUT2D eigenvalue weighted by atomic mass is 9.81. The molecule has 0 fully saturated rings. The quantitative estimate of drug-likeness (QED) is 0.418. The van der Waals surface area contributed by atoms with Crippen LogP contribution in [0.1, 0.15) is 26.3 Å². The van der Waals surface area contributed by atoms with Gasteiger partial charge in [-0.1, -0.05) is 93.6 Å². The van der Waals surface area contributed by atoms with Gasteiger partial charge in [0.25, 0.3) is 0 Å². The van der Waals surface area contributed by atoms with Crippen LogP contribution in [0.5, 0.6) is 0 Å². The highest BCUT2D eigenvalue weighted by molar-refractivity contribution is 6.36. The van der Waals surface area contributed by atoms with Crippen LogP contribution in [-0.4, -0.2) is 15.2 Å². The maximum atomic E-state index is 4.93. The summed E-state index contributed by atoms with van der Waals surface area (Å²) in [6.45, 7) is 6.79. The molecule has 131 valence electrons. The van der Waals surface area contributed by atoms with Crippen molar-refractivity contribution < 1.29 is 0 Å². The van der Waals surface area contributed by atoms with Gasteiger partial charge < -0.3 is 0 Å². The fourth-order valence-corrected chi connectivity index (χ4v) is 4.11. The zero-order valence-corrected chi connectivity index (χ0v) is 17.0. The molecule has 0 N–H and O–H groups in total. The Labute approximate surface area is 164 Å². The lowest BCUT2D eigenvalue weighted by molar-refractivity contribution is 0.596. The number of hydrogen-bond acceptors (Lipinski definition) is 1. The molecule has 3 aromatic carbocycles. The Bertz CT molecular complexity index is 1090. The summed E-state index contributed by atoms with van der Waals surface area (Å²) in [6, 6.07) is 27.6. The molecule has 0 aliphatic rings. The van der Waals surface area contributed by atoms with Crippen LogP contribution in [0.15, 0.2) is 78.9 Å². The number of hydrogen-bond donors (Lipinski definition) is 0. The van der Waals surface area contributed by atoms with Crippen LogP contribution in [0.4, 0.5) is 0 Å². The largest absolute Gasteiger partial charge is 0.258 e. The van der Waals surface area contributed by atoms with Crippen molar-refractivity contribution in [2.24, 2.45) is 0 Å². The highest BCUT2D eigenvalue weighted by atomic mass is 28.1. The van der Waals surface area contributed by atoms with Crippen molar-refractivity contribution in [3.63, 3.8) is 0 Å². The molecule has 1 heterocycles. The van der Waals surface area contributed by atoms with Gasteiger partial charge in [0.1, 0.15) is 10.2 Å². The Morgan fingerprint density at radius 1 is 0.667 bits per heavy atom. The summed E-state index contributed by atoms with van der Waals surface area (Å²) in [5.41, 5.74) is 7.11. The standard InChI is InChI=1S/C25H22NSi/c1-25(2,3)19-15-10-16-20-23(19)21(17-11-6-4-7-12-17)22(24(27)26-20)18-13-8-5-9-14-18/h4-16H,1-3H3. The van der Waals surface area contributed by atoms with Gasteiger partial charge in [-0.2, -0.15) is 0 Å². The van der Waals surface area contributed by atoms with Gasteiger partial charge in [-0.15, -0.1) is 0 Å². The average molecular weight is 365 g/mol. The van der Waals surface area contributed by atoms with E-state index in [1.807, 2.05) is 6.07 Å². The van der Waals surface area contributed by atoms with E-state index in [1.165, 1.54) is 27.6 Å². The van der Waals surface area contributed by atoms with Crippen molar-refractivity contribution in [2.75, 3.05) is 0 Å². The van der Waals surface area contributed by atoms with Gasteiger partial charge in [0.15, 0.2) is 0 Å². The molecule has 1 aromatic heterocycles. The minimum atomic E-state index is 0.0198. The first-order valence-electron chi connectivity index (χ1n) is 9.26. The van der Waals surface area contributed by atoms with Gasteiger partial charge in [-0.3, -0.25) is 4.98 Å². The number of benzene rings is 3. The predicted molar refractivity (Wildman–Crippen MR) is 117 cm³/mol. The third-order valence-corrected chi connectivity index (χ3v) is 5.31. The van der Waals surface area contributed by atoms with Crippen LogP contribution < -0.4 is 5.32 Å². The second kappa shape index (κ2) is 6.79. The first-order chi connectivity index (χ1) is 13.0. The van der Waals surface area contributed by atoms with Crippen molar-refractivity contribution in [3.05, 3.63) is 84.4 Å². The summed E-state index contributed by atoms with van der Waals surface area (Å²) >= 11 is 0. The molecule has 4 rings (SSSR count). The molecule has 27 heavy (non-hydrogen) atoms. The van der Waals surface area contributed by atoms with E-state index in [9.17, 15) is 0 Å². The minimum absolute atomic E-state index is 0.0198. The SMILES string of the molecule is CC(C)(C)c1cccc2nc([Si])c(-c3ccccc3)c(-c3ccccc3)c12. The summed E-state index contributed by atoms with van der Waals surface area (Å²) in [7, 11) is 3.83. The van der Waals surface area contributed by atoms with Crippen LogP contribution in [-0.2, 0) is 5.41 Å². The number of fused-ring (bicyclic) bond motifs is 1. The first kappa shape index (κ1) is 17.7. The second-order valence-electron chi connectivity index (χ2n) is 7.89. The summed E-state index contributed by atoms with van der Waals surface area (Å²) in [4.78, 5) is 4.93. The lowest BCUT2D eigenvalue weighted by Crippen LogP contribution is -2.17. The molecule has 4 aromatic rings. The molecule has 0 bridgehead atoms. The van der Waals surface area contributed by atoms with Gasteiger partial charge in [-0.25, -0.2) is 0 Å². The summed E-state index contributed by atoms with van der Waals surface area (Å²) in [5, 5.41) is 2.11. The number of pyridine rings is 1. The van der Waals surface area contributed by atoms with Crippen LogP contribution >= 0.6 is 0 Å². The maximum absolute atomic E-state index is 4.93. The molecule has 2 heteroatoms. The van der Waals surface area contributed by atoms with Crippen molar-refractivity contribution >= 4 is 26.5 Å². The van der Waals surface area contributed by atoms with Gasteiger partial charge in [0, 0.05) is 21.8 Å². The van der Waals surface area contributed by atoms with Crippen molar-refractivity contribution in [3.8, 4) is 22.3 Å². The van der Waals surface area contributed by atoms with E-state index in [0.717, 1.165) is 16.4 Å². The molecule has 0 amide bonds. The third-order valence-electron chi connectivity index (χ3n) is 4.94. The number of rotatable bonds is 2. The number of nitrogens with zero attached hydrogens (tertiary/aromatic N) is 1. The Morgan fingerprint density at radius 2 is 1.22 bits per heavy atom. The van der Waals surface area contributed by atoms with E-state index < -0.39 is 0 Å². The summed E-state index contributed by atoms with van der Waals surface area (Å²) in [5.74, 6) is 0. The van der Waals surface area contributed by atoms with E-state index in [0.29, 0.717) is 0 Å². The Morgan fingerprint density at radius 3 is 1.78 bits per heavy atom. The highest BCUT2D eigenvalue weighted by Gasteiger charge is 2.23. The Hall–Kier alpha value is -2.71. The van der Waals surface area contributed by atoms with E-state index in [2.05, 4.69) is 104 Å². The summed E-state index contributed by atoms with van der Waals surface area (Å²) in [6.07, 6.45) is 0. The molecular formula is C25H22NSi. The molecule has 0 spiro atoms. The predicted octanol–water partition coefficient (Wildman–Crippen LogP) is 5.66. The van der Waals surface area contributed by atoms with E-state index in [-0.39, 0.29) is 5.41 Å². The van der Waals surface area contributed by atoms with Crippen LogP contribution in [0, 0.1) is 0 Å². The van der Waals surface area contributed by atoms with E-state index in [4.69, 9.17) is 4.98 Å². The molecule has 0 atom stereocenters. The normalized spacial score (nSPS) is 11.7. The van der Waals surface area contributed by atoms with Crippen LogP contribution in [0.25, 0.3) is 33.2 Å². The fourth-order valence-electron chi connectivity index (χ4n) is 3.72. The van der Waals surface area contributed by atoms with Gasteiger partial charge in [0.05, 0.1) is 5.52 Å². The van der Waals surface area contributed by atoms with E-state index in [1.54, 1.807) is 0 Å². The molecule has 0 aliphatic carbocycles. The molecule has 0 saturated carbocycles. The zero-order chi connectivity index (χ0) is 19.0. The molecule has 0 aliphatic heterocycles. The van der Waals surface area contributed by atoms with Gasteiger partial charge in [-0.05, 0) is 28.2 Å². The molecule has 3 radical (unpaired) electrons. The monoisotopic (exact) mass is 364 g/mol. The minimum Gasteiger partial charge on any atom is -0.258 e. The maximum Gasteiger partial charge on any atom is 0.100 e. The third kappa shape index (κ3) is 3.22. The highest BCUT2D eigenvalue weighted by Crippen LogP contribution is 2.40. The van der Waals surface area contributed by atoms with Crippen LogP contribution in [0.2, 0.25) is 0 Å². The van der Waals surface area contributed by atoms with Gasteiger partial charge in [0.2, 0.25) is 0 Å². The Balaban J connectivity index is 2.23.